The average Bonchev–Trinajstić information content (AvgIpc) is 2.47. The van der Waals surface area contributed by atoms with Gasteiger partial charge in [-0.05, 0) is 18.1 Å². The van der Waals surface area contributed by atoms with Crippen LogP contribution in [0.3, 0.4) is 0 Å². The summed E-state index contributed by atoms with van der Waals surface area (Å²) in [6, 6.07) is 20.5. The summed E-state index contributed by atoms with van der Waals surface area (Å²) >= 11 is 0. The van der Waals surface area contributed by atoms with Crippen LogP contribution in [0.25, 0.3) is 0 Å². The molecule has 3 N–H and O–H groups in total. The first-order valence-electron chi connectivity index (χ1n) is 6.47. The Kier molecular flexibility index (Phi) is 4.56. The summed E-state index contributed by atoms with van der Waals surface area (Å²) in [5.41, 5.74) is 8.24. The van der Waals surface area contributed by atoms with Gasteiger partial charge in [0, 0.05) is 6.54 Å². The summed E-state index contributed by atoms with van der Waals surface area (Å²) in [6.07, 6.45) is 0. The monoisotopic (exact) mass is 253 g/mol. The molecule has 19 heavy (non-hydrogen) atoms. The number of nitrogens with zero attached hydrogens (tertiary/aromatic N) is 1. The topological polar surface area (TPSA) is 50.4 Å². The zero-order valence-corrected chi connectivity index (χ0v) is 11.1. The summed E-state index contributed by atoms with van der Waals surface area (Å²) in [5, 5.41) is 3.28. The fourth-order valence-electron chi connectivity index (χ4n) is 2.01. The van der Waals surface area contributed by atoms with Gasteiger partial charge in [0.1, 0.15) is 0 Å². The maximum atomic E-state index is 5.90. The second kappa shape index (κ2) is 6.59. The predicted octanol–water partition coefficient (Wildman–Crippen LogP) is 2.70. The highest BCUT2D eigenvalue weighted by atomic mass is 15.1. The Hall–Kier alpha value is -2.29. The number of nitrogens with one attached hydrogen (secondary N) is 1. The van der Waals surface area contributed by atoms with Crippen LogP contribution >= 0.6 is 0 Å². The van der Waals surface area contributed by atoms with Crippen LogP contribution in [-0.2, 0) is 0 Å². The van der Waals surface area contributed by atoms with E-state index in [0.717, 1.165) is 0 Å². The van der Waals surface area contributed by atoms with Gasteiger partial charge in [-0.3, -0.25) is 4.99 Å². The molecule has 3 heteroatoms. The maximum absolute atomic E-state index is 5.90. The number of guanidine groups is 1. The number of aliphatic imine (C=N–C) groups is 1. The van der Waals surface area contributed by atoms with Gasteiger partial charge >= 0.3 is 0 Å². The molecule has 0 aliphatic heterocycles. The molecule has 2 rings (SSSR count). The van der Waals surface area contributed by atoms with Gasteiger partial charge in [0.15, 0.2) is 5.96 Å². The predicted molar refractivity (Wildman–Crippen MR) is 80.0 cm³/mol. The minimum atomic E-state index is 0.0256. The Morgan fingerprint density at radius 2 is 1.47 bits per heavy atom. The van der Waals surface area contributed by atoms with Gasteiger partial charge in [-0.1, -0.05) is 60.7 Å². The van der Waals surface area contributed by atoms with E-state index in [2.05, 4.69) is 34.6 Å². The minimum Gasteiger partial charge on any atom is -0.370 e. The van der Waals surface area contributed by atoms with Crippen molar-refractivity contribution in [1.82, 2.24) is 5.32 Å². The molecule has 0 saturated carbocycles. The van der Waals surface area contributed by atoms with Crippen molar-refractivity contribution in [2.24, 2.45) is 10.7 Å². The van der Waals surface area contributed by atoms with Crippen LogP contribution in [0.1, 0.15) is 24.1 Å². The summed E-state index contributed by atoms with van der Waals surface area (Å²) in [7, 11) is 0. The second-order valence-electron chi connectivity index (χ2n) is 4.26. The highest BCUT2D eigenvalue weighted by Crippen LogP contribution is 2.21. The lowest BCUT2D eigenvalue weighted by atomic mass is 9.99. The van der Waals surface area contributed by atoms with Crippen LogP contribution in [0.5, 0.6) is 0 Å². The Labute approximate surface area is 114 Å². The van der Waals surface area contributed by atoms with Gasteiger partial charge in [0.05, 0.1) is 6.04 Å². The van der Waals surface area contributed by atoms with Gasteiger partial charge in [0.25, 0.3) is 0 Å². The zero-order valence-electron chi connectivity index (χ0n) is 11.1. The number of hydrogen-bond donors (Lipinski definition) is 2. The van der Waals surface area contributed by atoms with Crippen LogP contribution < -0.4 is 11.1 Å². The fourth-order valence-corrected chi connectivity index (χ4v) is 2.01. The Balaban J connectivity index is 2.32. The van der Waals surface area contributed by atoms with E-state index in [0.29, 0.717) is 12.5 Å². The summed E-state index contributed by atoms with van der Waals surface area (Å²) in [5.74, 6) is 0.472. The molecule has 0 spiro atoms. The van der Waals surface area contributed by atoms with Crippen molar-refractivity contribution in [1.29, 1.82) is 0 Å². The first kappa shape index (κ1) is 13.1. The Morgan fingerprint density at radius 3 is 1.89 bits per heavy atom. The molecule has 98 valence electrons. The molecule has 0 radical (unpaired) electrons. The lowest BCUT2D eigenvalue weighted by Crippen LogP contribution is -2.35. The van der Waals surface area contributed by atoms with Crippen molar-refractivity contribution in [2.75, 3.05) is 6.54 Å². The molecule has 3 nitrogen and oxygen atoms in total. The molecule has 0 unspecified atom stereocenters. The van der Waals surface area contributed by atoms with Gasteiger partial charge in [-0.25, -0.2) is 0 Å². The molecule has 0 fully saturated rings. The third-order valence-electron chi connectivity index (χ3n) is 2.89. The van der Waals surface area contributed by atoms with Crippen LogP contribution in [0.15, 0.2) is 65.7 Å². The highest BCUT2D eigenvalue weighted by Gasteiger charge is 2.13. The first-order chi connectivity index (χ1) is 9.31. The van der Waals surface area contributed by atoms with E-state index in [9.17, 15) is 0 Å². The molecule has 0 heterocycles. The molecule has 2 aromatic rings. The molecule has 0 saturated heterocycles. The van der Waals surface area contributed by atoms with Crippen molar-refractivity contribution in [2.45, 2.75) is 13.0 Å². The third kappa shape index (κ3) is 3.58. The van der Waals surface area contributed by atoms with Crippen LogP contribution in [0, 0.1) is 0 Å². The number of rotatable bonds is 4. The largest absolute Gasteiger partial charge is 0.370 e. The number of hydrogen-bond acceptors (Lipinski definition) is 1. The van der Waals surface area contributed by atoms with Gasteiger partial charge < -0.3 is 11.1 Å². The SMILES string of the molecule is CCN=C(N)NC(c1ccccc1)c1ccccc1. The van der Waals surface area contributed by atoms with Crippen molar-refractivity contribution < 1.29 is 0 Å². The van der Waals surface area contributed by atoms with E-state index in [-0.39, 0.29) is 6.04 Å². The second-order valence-corrected chi connectivity index (χ2v) is 4.26. The van der Waals surface area contributed by atoms with E-state index in [1.54, 1.807) is 0 Å². The molecule has 0 aliphatic rings. The van der Waals surface area contributed by atoms with E-state index in [4.69, 9.17) is 5.73 Å². The lowest BCUT2D eigenvalue weighted by Gasteiger charge is -2.20. The highest BCUT2D eigenvalue weighted by molar-refractivity contribution is 5.78. The van der Waals surface area contributed by atoms with Crippen molar-refractivity contribution in [3.8, 4) is 0 Å². The molecular formula is C16H19N3. The minimum absolute atomic E-state index is 0.0256. The standard InChI is InChI=1S/C16H19N3/c1-2-18-16(17)19-15(13-9-5-3-6-10-13)14-11-7-4-8-12-14/h3-12,15H,2H2,1H3,(H3,17,18,19). The van der Waals surface area contributed by atoms with E-state index < -0.39 is 0 Å². The third-order valence-corrected chi connectivity index (χ3v) is 2.89. The van der Waals surface area contributed by atoms with E-state index in [1.165, 1.54) is 11.1 Å². The molecule has 0 atom stereocenters. The number of benzene rings is 2. The average molecular weight is 253 g/mol. The maximum Gasteiger partial charge on any atom is 0.189 e. The van der Waals surface area contributed by atoms with Crippen molar-refractivity contribution in [3.05, 3.63) is 71.8 Å². The Bertz CT molecular complexity index is 481. The lowest BCUT2D eigenvalue weighted by molar-refractivity contribution is 0.752. The molecule has 0 amide bonds. The molecule has 0 aliphatic carbocycles. The van der Waals surface area contributed by atoms with E-state index in [1.807, 2.05) is 43.3 Å². The summed E-state index contributed by atoms with van der Waals surface area (Å²) in [4.78, 5) is 4.20. The van der Waals surface area contributed by atoms with Crippen molar-refractivity contribution >= 4 is 5.96 Å². The van der Waals surface area contributed by atoms with Crippen LogP contribution in [-0.4, -0.2) is 12.5 Å². The quantitative estimate of drug-likeness (QED) is 0.650. The molecular weight excluding hydrogens is 234 g/mol. The number of nitrogens with two attached hydrogens (primary N) is 1. The molecule has 0 aromatic heterocycles. The fraction of sp³-hybridized carbons (Fsp3) is 0.188. The van der Waals surface area contributed by atoms with Gasteiger partial charge in [-0.2, -0.15) is 0 Å². The zero-order chi connectivity index (χ0) is 13.5. The smallest absolute Gasteiger partial charge is 0.189 e. The van der Waals surface area contributed by atoms with E-state index >= 15 is 0 Å². The van der Waals surface area contributed by atoms with Crippen LogP contribution in [0.2, 0.25) is 0 Å². The summed E-state index contributed by atoms with van der Waals surface area (Å²) < 4.78 is 0. The molecule has 0 bridgehead atoms. The van der Waals surface area contributed by atoms with Gasteiger partial charge in [0.2, 0.25) is 0 Å². The summed E-state index contributed by atoms with van der Waals surface area (Å²) in [6.45, 7) is 2.64. The molecule has 2 aromatic carbocycles. The van der Waals surface area contributed by atoms with Gasteiger partial charge in [-0.15, -0.1) is 0 Å². The van der Waals surface area contributed by atoms with Crippen LogP contribution in [0.4, 0.5) is 0 Å². The first-order valence-corrected chi connectivity index (χ1v) is 6.47. The van der Waals surface area contributed by atoms with Crippen molar-refractivity contribution in [3.63, 3.8) is 0 Å². The normalized spacial score (nSPS) is 11.6. The Morgan fingerprint density at radius 1 is 1.00 bits per heavy atom.